The fourth-order valence-corrected chi connectivity index (χ4v) is 10.4. The molecular weight excluding hydrogens is 253 g/mol. The van der Waals surface area contributed by atoms with E-state index in [-0.39, 0.29) is 0 Å². The first-order valence-corrected chi connectivity index (χ1v) is 11.3. The van der Waals surface area contributed by atoms with E-state index >= 15 is 0 Å². The van der Waals surface area contributed by atoms with Crippen LogP contribution in [0.5, 0.6) is 0 Å². The van der Waals surface area contributed by atoms with Gasteiger partial charge in [-0.25, -0.2) is 0 Å². The molecule has 0 bridgehead atoms. The van der Waals surface area contributed by atoms with E-state index in [0.717, 1.165) is 11.3 Å². The van der Waals surface area contributed by atoms with Gasteiger partial charge >= 0.3 is 0 Å². The van der Waals surface area contributed by atoms with Crippen molar-refractivity contribution in [2.75, 3.05) is 0 Å². The van der Waals surface area contributed by atoms with E-state index in [1.54, 1.807) is 0 Å². The van der Waals surface area contributed by atoms with E-state index in [1.807, 2.05) is 11.6 Å². The Morgan fingerprint density at radius 1 is 0.812 bits per heavy atom. The van der Waals surface area contributed by atoms with Gasteiger partial charge in [0.2, 0.25) is 0 Å². The molecule has 0 aromatic carbocycles. The highest BCUT2D eigenvalue weighted by Gasteiger charge is 2.39. The highest BCUT2D eigenvalue weighted by atomic mass is 32.9. The Kier molecular flexibility index (Phi) is 5.21. The molecule has 0 heterocycles. The molecule has 0 atom stereocenters. The lowest BCUT2D eigenvalue weighted by Crippen LogP contribution is -2.39. The van der Waals surface area contributed by atoms with Crippen LogP contribution in [0.15, 0.2) is 0 Å². The third kappa shape index (κ3) is 2.85. The summed E-state index contributed by atoms with van der Waals surface area (Å²) in [5.41, 5.74) is 1.75. The summed E-state index contributed by atoms with van der Waals surface area (Å²) in [7, 11) is 0. The monoisotopic (exact) mass is 278 g/mol. The molecule has 4 heteroatoms. The van der Waals surface area contributed by atoms with Gasteiger partial charge in [0.15, 0.2) is 0 Å². The predicted octanol–water partition coefficient (Wildman–Crippen LogP) is 3.94. The normalized spacial score (nSPS) is 25.8. The lowest BCUT2D eigenvalue weighted by atomic mass is 10.00. The van der Waals surface area contributed by atoms with Crippen LogP contribution in [-0.2, 0) is 11.8 Å². The second kappa shape index (κ2) is 6.22. The van der Waals surface area contributed by atoms with E-state index in [1.165, 1.54) is 64.2 Å². The minimum atomic E-state index is -1.21. The molecule has 2 aliphatic carbocycles. The maximum absolute atomic E-state index is 6.15. The van der Waals surface area contributed by atoms with Crippen LogP contribution < -0.4 is 5.14 Å². The summed E-state index contributed by atoms with van der Waals surface area (Å²) in [5.74, 6) is 0. The molecule has 2 fully saturated rings. The summed E-state index contributed by atoms with van der Waals surface area (Å²) >= 11 is 8.02. The fourth-order valence-electron chi connectivity index (χ4n) is 3.39. The van der Waals surface area contributed by atoms with Crippen molar-refractivity contribution in [2.24, 2.45) is 0 Å². The first-order chi connectivity index (χ1) is 7.77. The van der Waals surface area contributed by atoms with E-state index in [9.17, 15) is 0 Å². The number of hydrogen-bond acceptors (Lipinski definition) is 2. The molecule has 0 amide bonds. The highest BCUT2D eigenvalue weighted by Crippen LogP contribution is 2.68. The van der Waals surface area contributed by atoms with Crippen molar-refractivity contribution < 1.29 is 5.14 Å². The topological polar surface area (TPSA) is 27.6 Å². The molecule has 0 spiro atoms. The van der Waals surface area contributed by atoms with Crippen LogP contribution in [0.4, 0.5) is 0 Å². The zero-order chi connectivity index (χ0) is 11.4. The zero-order valence-corrected chi connectivity index (χ0v) is 12.7. The molecule has 3 N–H and O–H groups in total. The van der Waals surface area contributed by atoms with Gasteiger partial charge in [0.1, 0.15) is 11.6 Å². The van der Waals surface area contributed by atoms with Gasteiger partial charge in [-0.15, -0.1) is 0 Å². The summed E-state index contributed by atoms with van der Waals surface area (Å²) in [6.07, 6.45) is 14.2. The van der Waals surface area contributed by atoms with Gasteiger partial charge in [-0.3, -0.25) is 5.14 Å². The Balaban J connectivity index is 2.06. The summed E-state index contributed by atoms with van der Waals surface area (Å²) < 4.78 is 0. The van der Waals surface area contributed by atoms with Crippen LogP contribution in [0.3, 0.4) is 0 Å². The standard InChI is InChI=1S/C12H24NPS2/c13-16-14(15,11-7-3-1-4-8-11)12-9-5-2-6-10-12/h11-12H,1-10,13H2/p+1. The smallest absolute Gasteiger partial charge is 0.104 e. The predicted molar refractivity (Wildman–Crippen MR) is 78.5 cm³/mol. The minimum Gasteiger partial charge on any atom is -0.292 e. The molecule has 16 heavy (non-hydrogen) atoms. The van der Waals surface area contributed by atoms with Gasteiger partial charge in [-0.1, -0.05) is 50.3 Å². The molecule has 0 aromatic rings. The largest absolute Gasteiger partial charge is 0.292 e. The SMILES string of the molecule is [NH3+]SP(=S)(C1CCCCC1)C1CCCCC1. The van der Waals surface area contributed by atoms with E-state index in [4.69, 9.17) is 11.8 Å². The van der Waals surface area contributed by atoms with Crippen LogP contribution in [0.25, 0.3) is 0 Å². The average molecular weight is 278 g/mol. The van der Waals surface area contributed by atoms with Crippen molar-refractivity contribution in [3.63, 3.8) is 0 Å². The van der Waals surface area contributed by atoms with Gasteiger partial charge in [0.25, 0.3) is 0 Å². The van der Waals surface area contributed by atoms with Gasteiger partial charge in [0.05, 0.1) is 5.24 Å². The van der Waals surface area contributed by atoms with Crippen LogP contribution in [-0.4, -0.2) is 11.3 Å². The molecule has 2 rings (SSSR count). The van der Waals surface area contributed by atoms with Gasteiger partial charge in [-0.05, 0) is 25.7 Å². The van der Waals surface area contributed by atoms with Crippen molar-refractivity contribution in [3.05, 3.63) is 0 Å². The van der Waals surface area contributed by atoms with Crippen molar-refractivity contribution in [1.82, 2.24) is 0 Å². The molecular formula is C12H25NPS2+. The summed E-state index contributed by atoms with van der Waals surface area (Å²) in [4.78, 5) is 0. The minimum absolute atomic E-state index is 0.877. The lowest BCUT2D eigenvalue weighted by Gasteiger charge is -2.37. The number of quaternary nitrogens is 1. The summed E-state index contributed by atoms with van der Waals surface area (Å²) in [6.45, 7) is 0. The zero-order valence-electron chi connectivity index (χ0n) is 10.2. The van der Waals surface area contributed by atoms with Crippen molar-refractivity contribution in [3.8, 4) is 0 Å². The average Bonchev–Trinajstić information content (AvgIpc) is 2.40. The van der Waals surface area contributed by atoms with Crippen LogP contribution in [0, 0.1) is 0 Å². The molecule has 0 radical (unpaired) electrons. The molecule has 1 nitrogen and oxygen atoms in total. The Labute approximate surface area is 109 Å². The third-order valence-corrected chi connectivity index (χ3v) is 13.6. The van der Waals surface area contributed by atoms with Gasteiger partial charge in [-0.2, -0.15) is 0 Å². The van der Waals surface area contributed by atoms with Gasteiger partial charge < -0.3 is 0 Å². The van der Waals surface area contributed by atoms with Gasteiger partial charge in [0, 0.05) is 11.3 Å². The molecule has 2 aliphatic rings. The Morgan fingerprint density at radius 3 is 1.50 bits per heavy atom. The van der Waals surface area contributed by atoms with Crippen molar-refractivity contribution >= 4 is 28.6 Å². The molecule has 0 aliphatic heterocycles. The highest BCUT2D eigenvalue weighted by molar-refractivity contribution is 8.68. The van der Waals surface area contributed by atoms with E-state index in [0.29, 0.717) is 0 Å². The molecule has 94 valence electrons. The second-order valence-electron chi connectivity index (χ2n) is 5.36. The molecule has 2 saturated carbocycles. The van der Waals surface area contributed by atoms with Crippen molar-refractivity contribution in [2.45, 2.75) is 75.5 Å². The Hall–Kier alpha value is 0.960. The summed E-state index contributed by atoms with van der Waals surface area (Å²) in [5, 5.41) is 2.96. The number of rotatable bonds is 3. The molecule has 0 saturated heterocycles. The summed E-state index contributed by atoms with van der Waals surface area (Å²) in [6, 6.07) is 0. The Morgan fingerprint density at radius 2 is 1.19 bits per heavy atom. The fraction of sp³-hybridized carbons (Fsp3) is 1.00. The maximum Gasteiger partial charge on any atom is 0.104 e. The first-order valence-electron chi connectivity index (χ1n) is 6.80. The van der Waals surface area contributed by atoms with E-state index in [2.05, 4.69) is 5.14 Å². The van der Waals surface area contributed by atoms with Crippen LogP contribution in [0.2, 0.25) is 0 Å². The second-order valence-corrected chi connectivity index (χ2v) is 13.5. The van der Waals surface area contributed by atoms with Crippen LogP contribution in [0.1, 0.15) is 64.2 Å². The van der Waals surface area contributed by atoms with Crippen molar-refractivity contribution in [1.29, 1.82) is 0 Å². The maximum atomic E-state index is 6.15. The van der Waals surface area contributed by atoms with Crippen LogP contribution >= 0.6 is 16.8 Å². The molecule has 0 aromatic heterocycles. The molecule has 0 unspecified atom stereocenters. The first kappa shape index (κ1) is 13.4. The number of hydrogen-bond donors (Lipinski definition) is 1. The third-order valence-electron chi connectivity index (χ3n) is 4.37. The Bertz CT molecular complexity index is 236. The quantitative estimate of drug-likeness (QED) is 0.625. The van der Waals surface area contributed by atoms with E-state index < -0.39 is 5.24 Å². The lowest BCUT2D eigenvalue weighted by molar-refractivity contribution is -0.132.